The highest BCUT2D eigenvalue weighted by atomic mass is 31.0. The van der Waals surface area contributed by atoms with Crippen LogP contribution in [0.25, 0.3) is 0 Å². The van der Waals surface area contributed by atoms with Crippen LogP contribution in [-0.2, 0) is 0 Å². The van der Waals surface area contributed by atoms with E-state index in [2.05, 4.69) is 27.9 Å². The average molecular weight is 163 g/mol. The Kier molecular flexibility index (Phi) is 15.8. The summed E-state index contributed by atoms with van der Waals surface area (Å²) in [5.41, 5.74) is 0. The van der Waals surface area contributed by atoms with Crippen molar-refractivity contribution in [3.05, 3.63) is 0 Å². The third-order valence-corrected chi connectivity index (χ3v) is 1.54. The zero-order valence-corrected chi connectivity index (χ0v) is 9.01. The van der Waals surface area contributed by atoms with Crippen molar-refractivity contribution in [3.8, 4) is 0 Å². The Bertz CT molecular complexity index is 42.5. The summed E-state index contributed by atoms with van der Waals surface area (Å²) in [6.45, 7) is 10.8. The first-order valence-electron chi connectivity index (χ1n) is 4.30. The minimum Gasteiger partial charge on any atom is -0.287 e. The second-order valence-corrected chi connectivity index (χ2v) is 2.77. The molecule has 0 aromatic carbocycles. The van der Waals surface area contributed by atoms with Crippen LogP contribution in [0.2, 0.25) is 0 Å². The predicted molar refractivity (Wildman–Crippen MR) is 53.2 cm³/mol. The number of hydrogen-bond acceptors (Lipinski definition) is 1. The van der Waals surface area contributed by atoms with E-state index >= 15 is 0 Å². The summed E-state index contributed by atoms with van der Waals surface area (Å²) < 4.78 is 2.28. The summed E-state index contributed by atoms with van der Waals surface area (Å²) in [6, 6.07) is 0. The quantitative estimate of drug-likeness (QED) is 0.576. The molecule has 2 heteroatoms. The molecular formula is C8H22NP. The Morgan fingerprint density at radius 1 is 1.00 bits per heavy atom. The van der Waals surface area contributed by atoms with E-state index in [0.717, 1.165) is 0 Å². The molecule has 0 saturated heterocycles. The third kappa shape index (κ3) is 11.2. The molecule has 0 bridgehead atoms. The van der Waals surface area contributed by atoms with Crippen molar-refractivity contribution < 1.29 is 0 Å². The second kappa shape index (κ2) is 12.1. The lowest BCUT2D eigenvalue weighted by molar-refractivity contribution is 0.466. The summed E-state index contributed by atoms with van der Waals surface area (Å²) in [7, 11) is 2.73. The maximum Gasteiger partial charge on any atom is 0.00135 e. The fourth-order valence-corrected chi connectivity index (χ4v) is 1.20. The van der Waals surface area contributed by atoms with Gasteiger partial charge in [0.05, 0.1) is 0 Å². The van der Waals surface area contributed by atoms with Crippen LogP contribution in [0.5, 0.6) is 0 Å². The highest BCUT2D eigenvalue weighted by Gasteiger charge is 1.90. The minimum atomic E-state index is 1.21. The molecule has 0 N–H and O–H groups in total. The van der Waals surface area contributed by atoms with E-state index in [-0.39, 0.29) is 0 Å². The van der Waals surface area contributed by atoms with Crippen LogP contribution in [0.3, 0.4) is 0 Å². The molecule has 0 saturated carbocycles. The Labute approximate surface area is 68.4 Å². The molecule has 0 fully saturated rings. The van der Waals surface area contributed by atoms with Crippen molar-refractivity contribution in [2.45, 2.75) is 40.5 Å². The van der Waals surface area contributed by atoms with Crippen LogP contribution in [0.4, 0.5) is 0 Å². The van der Waals surface area contributed by atoms with Crippen LogP contribution in [0.15, 0.2) is 0 Å². The topological polar surface area (TPSA) is 3.24 Å². The smallest absolute Gasteiger partial charge is 0.00135 e. The van der Waals surface area contributed by atoms with Crippen molar-refractivity contribution in [1.82, 2.24) is 4.67 Å². The SMILES string of the molecule is CC.CCCN(P)CCC. The highest BCUT2D eigenvalue weighted by molar-refractivity contribution is 7.13. The lowest BCUT2D eigenvalue weighted by atomic mass is 10.4. The van der Waals surface area contributed by atoms with Gasteiger partial charge in [-0.2, -0.15) is 0 Å². The Balaban J connectivity index is 0. The van der Waals surface area contributed by atoms with Gasteiger partial charge in [-0.25, -0.2) is 0 Å². The summed E-state index contributed by atoms with van der Waals surface area (Å²) in [4.78, 5) is 0. The summed E-state index contributed by atoms with van der Waals surface area (Å²) in [6.07, 6.45) is 2.51. The van der Waals surface area contributed by atoms with Crippen LogP contribution in [0, 0.1) is 0 Å². The van der Waals surface area contributed by atoms with Crippen molar-refractivity contribution in [1.29, 1.82) is 0 Å². The molecule has 64 valence electrons. The fourth-order valence-electron chi connectivity index (χ4n) is 0.686. The van der Waals surface area contributed by atoms with E-state index in [1.807, 2.05) is 13.8 Å². The highest BCUT2D eigenvalue weighted by Crippen LogP contribution is 1.99. The molecule has 1 nitrogen and oxygen atoms in total. The fraction of sp³-hybridized carbons (Fsp3) is 1.00. The van der Waals surface area contributed by atoms with E-state index in [4.69, 9.17) is 0 Å². The molecule has 0 spiro atoms. The monoisotopic (exact) mass is 163 g/mol. The van der Waals surface area contributed by atoms with Gasteiger partial charge in [-0.1, -0.05) is 37.1 Å². The van der Waals surface area contributed by atoms with Gasteiger partial charge >= 0.3 is 0 Å². The van der Waals surface area contributed by atoms with Crippen molar-refractivity contribution in [2.75, 3.05) is 13.1 Å². The summed E-state index contributed by atoms with van der Waals surface area (Å²) >= 11 is 0. The Morgan fingerprint density at radius 3 is 1.50 bits per heavy atom. The van der Waals surface area contributed by atoms with Gasteiger partial charge in [-0.15, -0.1) is 0 Å². The molecule has 0 amide bonds. The van der Waals surface area contributed by atoms with Crippen molar-refractivity contribution >= 4 is 9.39 Å². The molecule has 0 aliphatic rings. The van der Waals surface area contributed by atoms with Crippen molar-refractivity contribution in [3.63, 3.8) is 0 Å². The molecule has 0 radical (unpaired) electrons. The Hall–Kier alpha value is 0.390. The number of rotatable bonds is 4. The first-order valence-corrected chi connectivity index (χ1v) is 4.82. The zero-order chi connectivity index (χ0) is 8.41. The van der Waals surface area contributed by atoms with E-state index in [1.54, 1.807) is 0 Å². The van der Waals surface area contributed by atoms with Crippen LogP contribution < -0.4 is 0 Å². The third-order valence-electron chi connectivity index (χ3n) is 1.02. The molecule has 0 aliphatic heterocycles. The summed E-state index contributed by atoms with van der Waals surface area (Å²) in [5, 5.41) is 0. The zero-order valence-electron chi connectivity index (χ0n) is 7.85. The molecule has 0 aromatic heterocycles. The van der Waals surface area contributed by atoms with Gasteiger partial charge in [0.25, 0.3) is 0 Å². The molecule has 1 unspecified atom stereocenters. The van der Waals surface area contributed by atoms with E-state index in [1.165, 1.54) is 25.9 Å². The molecular weight excluding hydrogens is 141 g/mol. The van der Waals surface area contributed by atoms with Crippen molar-refractivity contribution in [2.24, 2.45) is 0 Å². The minimum absolute atomic E-state index is 1.21. The molecule has 0 heterocycles. The molecule has 10 heavy (non-hydrogen) atoms. The average Bonchev–Trinajstić information content (AvgIpc) is 1.93. The maximum atomic E-state index is 2.73. The number of nitrogens with zero attached hydrogens (tertiary/aromatic N) is 1. The first-order chi connectivity index (χ1) is 4.81. The van der Waals surface area contributed by atoms with Gasteiger partial charge in [-0.3, -0.25) is 4.67 Å². The lowest BCUT2D eigenvalue weighted by Gasteiger charge is -2.12. The first kappa shape index (κ1) is 13.0. The normalized spacial score (nSPS) is 9.00. The van der Waals surface area contributed by atoms with E-state index in [9.17, 15) is 0 Å². The number of hydrogen-bond donors (Lipinski definition) is 0. The molecule has 0 rings (SSSR count). The van der Waals surface area contributed by atoms with Gasteiger partial charge in [0.1, 0.15) is 0 Å². The van der Waals surface area contributed by atoms with Gasteiger partial charge in [0.2, 0.25) is 0 Å². The second-order valence-electron chi connectivity index (χ2n) is 2.04. The van der Waals surface area contributed by atoms with Crippen LogP contribution in [-0.4, -0.2) is 17.8 Å². The summed E-state index contributed by atoms with van der Waals surface area (Å²) in [5.74, 6) is 0. The van der Waals surface area contributed by atoms with Crippen LogP contribution in [0.1, 0.15) is 40.5 Å². The van der Waals surface area contributed by atoms with Gasteiger partial charge in [0.15, 0.2) is 0 Å². The standard InChI is InChI=1S/C6H16NP.C2H6/c1-3-5-7(8)6-4-2;1-2/h3-6,8H2,1-2H3;1-2H3. The lowest BCUT2D eigenvalue weighted by Crippen LogP contribution is -2.12. The van der Waals surface area contributed by atoms with E-state index < -0.39 is 0 Å². The largest absolute Gasteiger partial charge is 0.287 e. The van der Waals surface area contributed by atoms with Gasteiger partial charge < -0.3 is 0 Å². The molecule has 1 atom stereocenters. The van der Waals surface area contributed by atoms with Gasteiger partial charge in [0, 0.05) is 13.1 Å². The maximum absolute atomic E-state index is 2.73. The Morgan fingerprint density at radius 2 is 1.30 bits per heavy atom. The predicted octanol–water partition coefficient (Wildman–Crippen LogP) is 2.92. The van der Waals surface area contributed by atoms with Crippen LogP contribution >= 0.6 is 9.39 Å². The molecule has 0 aliphatic carbocycles. The van der Waals surface area contributed by atoms with Gasteiger partial charge in [-0.05, 0) is 12.8 Å². The molecule has 0 aromatic rings. The van der Waals surface area contributed by atoms with E-state index in [0.29, 0.717) is 0 Å².